The molecule has 19 heavy (non-hydrogen) atoms. The van der Waals surface area contributed by atoms with Crippen molar-refractivity contribution in [3.8, 4) is 0 Å². The Morgan fingerprint density at radius 2 is 2.26 bits per heavy atom. The zero-order chi connectivity index (χ0) is 14.0. The van der Waals surface area contributed by atoms with Crippen LogP contribution in [0.5, 0.6) is 0 Å². The van der Waals surface area contributed by atoms with Crippen LogP contribution >= 0.6 is 11.3 Å². The zero-order valence-corrected chi connectivity index (χ0v) is 11.9. The number of thiazole rings is 1. The number of carboxylic acids is 1. The Morgan fingerprint density at radius 3 is 2.79 bits per heavy atom. The van der Waals surface area contributed by atoms with Gasteiger partial charge in [-0.1, -0.05) is 13.3 Å². The highest BCUT2D eigenvalue weighted by atomic mass is 32.1. The third-order valence-electron chi connectivity index (χ3n) is 3.67. The number of carbonyl (C=O) groups excluding carboxylic acids is 1. The van der Waals surface area contributed by atoms with Crippen LogP contribution in [0.25, 0.3) is 0 Å². The molecule has 1 aliphatic rings. The summed E-state index contributed by atoms with van der Waals surface area (Å²) in [6, 6.07) is -0.238. The molecule has 3 unspecified atom stereocenters. The van der Waals surface area contributed by atoms with Gasteiger partial charge in [-0.3, -0.25) is 4.79 Å². The van der Waals surface area contributed by atoms with Gasteiger partial charge in [0.05, 0.1) is 6.04 Å². The fraction of sp³-hybridized carbons (Fsp3) is 0.615. The van der Waals surface area contributed by atoms with E-state index in [1.807, 2.05) is 6.92 Å². The highest BCUT2D eigenvalue weighted by molar-refractivity contribution is 7.09. The largest absolute Gasteiger partial charge is 0.476 e. The molecule has 2 N–H and O–H groups in total. The first kappa shape index (κ1) is 14.0. The molecule has 0 bridgehead atoms. The molecule has 1 aromatic rings. The van der Waals surface area contributed by atoms with Crippen LogP contribution in [0.3, 0.4) is 0 Å². The minimum atomic E-state index is -1.04. The van der Waals surface area contributed by atoms with E-state index in [2.05, 4.69) is 17.2 Å². The van der Waals surface area contributed by atoms with E-state index in [9.17, 15) is 9.59 Å². The van der Waals surface area contributed by atoms with Crippen LogP contribution < -0.4 is 5.32 Å². The Hall–Kier alpha value is -1.43. The topological polar surface area (TPSA) is 79.3 Å². The number of aromatic nitrogens is 1. The summed E-state index contributed by atoms with van der Waals surface area (Å²) in [6.07, 6.45) is 3.15. The Balaban J connectivity index is 1.98. The summed E-state index contributed by atoms with van der Waals surface area (Å²) < 4.78 is 0. The number of aromatic carboxylic acids is 1. The van der Waals surface area contributed by atoms with Gasteiger partial charge in [-0.15, -0.1) is 11.3 Å². The molecule has 1 heterocycles. The highest BCUT2D eigenvalue weighted by Gasteiger charge is 2.30. The monoisotopic (exact) mass is 282 g/mol. The Labute approximate surface area is 116 Å². The first-order valence-corrected chi connectivity index (χ1v) is 7.36. The minimum absolute atomic E-state index is 0.0373. The maximum atomic E-state index is 12.1. The predicted molar refractivity (Wildman–Crippen MR) is 72.1 cm³/mol. The van der Waals surface area contributed by atoms with Crippen LogP contribution in [-0.2, 0) is 4.79 Å². The summed E-state index contributed by atoms with van der Waals surface area (Å²) in [6.45, 7) is 3.94. The fourth-order valence-corrected chi connectivity index (χ4v) is 3.30. The van der Waals surface area contributed by atoms with E-state index in [4.69, 9.17) is 5.11 Å². The molecule has 2 rings (SSSR count). The quantitative estimate of drug-likeness (QED) is 0.889. The van der Waals surface area contributed by atoms with E-state index in [-0.39, 0.29) is 23.6 Å². The summed E-state index contributed by atoms with van der Waals surface area (Å²) in [5, 5.41) is 13.9. The molecule has 104 valence electrons. The molecule has 1 amide bonds. The Bertz CT molecular complexity index is 486. The molecule has 0 spiro atoms. The number of amides is 1. The molecule has 6 heteroatoms. The average molecular weight is 282 g/mol. The van der Waals surface area contributed by atoms with Crippen molar-refractivity contribution in [2.75, 3.05) is 0 Å². The Kier molecular flexibility index (Phi) is 4.19. The number of hydrogen-bond acceptors (Lipinski definition) is 4. The lowest BCUT2D eigenvalue weighted by Crippen LogP contribution is -2.33. The molecule has 3 atom stereocenters. The second-order valence-corrected chi connectivity index (χ2v) is 6.01. The molecule has 1 aromatic heterocycles. The van der Waals surface area contributed by atoms with E-state index < -0.39 is 5.97 Å². The van der Waals surface area contributed by atoms with Crippen molar-refractivity contribution in [2.45, 2.75) is 39.2 Å². The Morgan fingerprint density at radius 1 is 1.53 bits per heavy atom. The maximum Gasteiger partial charge on any atom is 0.355 e. The van der Waals surface area contributed by atoms with Gasteiger partial charge in [0.25, 0.3) is 0 Å². The van der Waals surface area contributed by atoms with Gasteiger partial charge in [0.15, 0.2) is 5.69 Å². The maximum absolute atomic E-state index is 12.1. The van der Waals surface area contributed by atoms with Crippen molar-refractivity contribution in [1.29, 1.82) is 0 Å². The third-order valence-corrected chi connectivity index (χ3v) is 4.70. The summed E-state index contributed by atoms with van der Waals surface area (Å²) in [5.41, 5.74) is 0.0373. The lowest BCUT2D eigenvalue weighted by molar-refractivity contribution is -0.126. The van der Waals surface area contributed by atoms with Gasteiger partial charge >= 0.3 is 5.97 Å². The van der Waals surface area contributed by atoms with Crippen LogP contribution in [0.4, 0.5) is 0 Å². The first-order valence-electron chi connectivity index (χ1n) is 6.48. The van der Waals surface area contributed by atoms with E-state index in [0.717, 1.165) is 19.3 Å². The smallest absolute Gasteiger partial charge is 0.355 e. The summed E-state index contributed by atoms with van der Waals surface area (Å²) in [5.74, 6) is -0.463. The summed E-state index contributed by atoms with van der Waals surface area (Å²) >= 11 is 1.26. The van der Waals surface area contributed by atoms with Crippen molar-refractivity contribution < 1.29 is 14.7 Å². The van der Waals surface area contributed by atoms with Gasteiger partial charge in [0.2, 0.25) is 5.91 Å². The molecule has 1 saturated carbocycles. The van der Waals surface area contributed by atoms with Gasteiger partial charge in [-0.25, -0.2) is 9.78 Å². The van der Waals surface area contributed by atoms with Gasteiger partial charge in [-0.2, -0.15) is 0 Å². The molecule has 0 saturated heterocycles. The predicted octanol–water partition coefficient (Wildman–Crippen LogP) is 2.45. The third kappa shape index (κ3) is 3.12. The number of nitrogens with one attached hydrogen (secondary N) is 1. The second-order valence-electron chi connectivity index (χ2n) is 5.12. The summed E-state index contributed by atoms with van der Waals surface area (Å²) in [4.78, 5) is 26.9. The van der Waals surface area contributed by atoms with Crippen molar-refractivity contribution in [1.82, 2.24) is 10.3 Å². The lowest BCUT2D eigenvalue weighted by atomic mass is 9.97. The lowest BCUT2D eigenvalue weighted by Gasteiger charge is -2.18. The highest BCUT2D eigenvalue weighted by Crippen LogP contribution is 2.31. The van der Waals surface area contributed by atoms with Crippen molar-refractivity contribution >= 4 is 23.2 Å². The van der Waals surface area contributed by atoms with Gasteiger partial charge in [-0.05, 0) is 25.7 Å². The van der Waals surface area contributed by atoms with Gasteiger partial charge in [0.1, 0.15) is 5.01 Å². The molecule has 0 radical (unpaired) electrons. The van der Waals surface area contributed by atoms with Crippen molar-refractivity contribution in [2.24, 2.45) is 11.8 Å². The molecule has 0 aromatic carbocycles. The van der Waals surface area contributed by atoms with E-state index in [1.165, 1.54) is 16.7 Å². The molecule has 1 aliphatic carbocycles. The second kappa shape index (κ2) is 5.69. The number of carbonyl (C=O) groups is 2. The molecule has 0 aliphatic heterocycles. The van der Waals surface area contributed by atoms with Gasteiger partial charge in [0, 0.05) is 11.3 Å². The molecular formula is C13H18N2O3S. The van der Waals surface area contributed by atoms with Crippen LogP contribution in [0.1, 0.15) is 54.6 Å². The van der Waals surface area contributed by atoms with Crippen LogP contribution in [0.2, 0.25) is 0 Å². The van der Waals surface area contributed by atoms with Crippen LogP contribution in [0.15, 0.2) is 5.38 Å². The molecular weight excluding hydrogens is 264 g/mol. The zero-order valence-electron chi connectivity index (χ0n) is 11.0. The van der Waals surface area contributed by atoms with Crippen molar-refractivity contribution in [3.63, 3.8) is 0 Å². The number of nitrogens with zero attached hydrogens (tertiary/aromatic N) is 1. The SMILES string of the molecule is CC(NC(=O)C1CCCC1C)c1nc(C(=O)O)cs1. The minimum Gasteiger partial charge on any atom is -0.476 e. The number of carboxylic acid groups (broad SMARTS) is 1. The van der Waals surface area contributed by atoms with Crippen molar-refractivity contribution in [3.05, 3.63) is 16.1 Å². The van der Waals surface area contributed by atoms with Gasteiger partial charge < -0.3 is 10.4 Å². The molecule has 5 nitrogen and oxygen atoms in total. The number of hydrogen-bond donors (Lipinski definition) is 2. The normalized spacial score (nSPS) is 24.1. The molecule has 1 fully saturated rings. The first-order chi connectivity index (χ1) is 8.99. The van der Waals surface area contributed by atoms with E-state index in [1.54, 1.807) is 0 Å². The fourth-order valence-electron chi connectivity index (χ4n) is 2.50. The number of rotatable bonds is 4. The van der Waals surface area contributed by atoms with Crippen LogP contribution in [0, 0.1) is 11.8 Å². The van der Waals surface area contributed by atoms with Crippen LogP contribution in [-0.4, -0.2) is 22.0 Å². The van der Waals surface area contributed by atoms with E-state index in [0.29, 0.717) is 10.9 Å². The van der Waals surface area contributed by atoms with E-state index >= 15 is 0 Å². The average Bonchev–Trinajstić information content (AvgIpc) is 2.96. The summed E-state index contributed by atoms with van der Waals surface area (Å²) in [7, 11) is 0. The standard InChI is InChI=1S/C13H18N2O3S/c1-7-4-3-5-9(7)11(16)14-8(2)12-15-10(6-19-12)13(17)18/h6-9H,3-5H2,1-2H3,(H,14,16)(H,17,18).